The number of urea groups is 1. The smallest absolute Gasteiger partial charge is 0.332 e. The monoisotopic (exact) mass is 302 g/mol. The maximum absolute atomic E-state index is 12.1. The van der Waals surface area contributed by atoms with Crippen molar-refractivity contribution >= 4 is 23.8 Å². The van der Waals surface area contributed by atoms with Gasteiger partial charge in [0.05, 0.1) is 6.10 Å². The van der Waals surface area contributed by atoms with Gasteiger partial charge in [-0.3, -0.25) is 0 Å². The van der Waals surface area contributed by atoms with Gasteiger partial charge in [-0.05, 0) is 26.7 Å². The fourth-order valence-electron chi connectivity index (χ4n) is 2.54. The molecule has 0 bridgehead atoms. The predicted octanol–water partition coefficient (Wildman–Crippen LogP) is 1.16. The topological polar surface area (TPSA) is 78.9 Å². The highest BCUT2D eigenvalue weighted by Crippen LogP contribution is 2.29. The first kappa shape index (κ1) is 15.4. The number of nitrogens with zero attached hydrogens (tertiary/aromatic N) is 1. The maximum Gasteiger partial charge on any atom is 0.332 e. The zero-order chi connectivity index (χ0) is 14.8. The lowest BCUT2D eigenvalue weighted by Gasteiger charge is -2.37. The van der Waals surface area contributed by atoms with Crippen molar-refractivity contribution in [2.75, 3.05) is 25.4 Å². The molecule has 2 fully saturated rings. The van der Waals surface area contributed by atoms with E-state index >= 15 is 0 Å². The van der Waals surface area contributed by atoms with E-state index in [1.165, 1.54) is 0 Å². The number of amides is 2. The minimum atomic E-state index is -0.923. The van der Waals surface area contributed by atoms with Crippen LogP contribution in [0.15, 0.2) is 0 Å². The van der Waals surface area contributed by atoms with Crippen LogP contribution >= 0.6 is 11.8 Å². The summed E-state index contributed by atoms with van der Waals surface area (Å²) in [5.74, 6) is 0.0233. The lowest BCUT2D eigenvalue weighted by molar-refractivity contribution is -0.149. The van der Waals surface area contributed by atoms with Crippen LogP contribution < -0.4 is 5.32 Å². The van der Waals surface area contributed by atoms with Crippen LogP contribution in [0.1, 0.15) is 26.7 Å². The number of thioether (sulfide) groups is 1. The van der Waals surface area contributed by atoms with E-state index in [-0.39, 0.29) is 16.9 Å². The summed E-state index contributed by atoms with van der Waals surface area (Å²) in [5.41, 5.74) is 0. The Labute approximate surface area is 123 Å². The normalized spacial score (nSPS) is 29.2. The lowest BCUT2D eigenvalue weighted by atomic mass is 10.2. The Balaban J connectivity index is 1.74. The van der Waals surface area contributed by atoms with Crippen molar-refractivity contribution in [1.29, 1.82) is 0 Å². The van der Waals surface area contributed by atoms with Gasteiger partial charge < -0.3 is 20.1 Å². The van der Waals surface area contributed by atoms with Crippen LogP contribution in [-0.2, 0) is 9.53 Å². The van der Waals surface area contributed by atoms with Crippen LogP contribution in [0.2, 0.25) is 0 Å². The largest absolute Gasteiger partial charge is 0.479 e. The number of hydrogen-bond donors (Lipinski definition) is 2. The summed E-state index contributed by atoms with van der Waals surface area (Å²) in [7, 11) is 0. The molecule has 2 heterocycles. The van der Waals surface area contributed by atoms with E-state index in [0.717, 1.165) is 18.8 Å². The third-order valence-electron chi connectivity index (χ3n) is 3.58. The zero-order valence-corrected chi connectivity index (χ0v) is 12.7. The Morgan fingerprint density at radius 3 is 2.80 bits per heavy atom. The molecule has 2 aliphatic heterocycles. The highest BCUT2D eigenvalue weighted by molar-refractivity contribution is 8.00. The van der Waals surface area contributed by atoms with Crippen molar-refractivity contribution in [1.82, 2.24) is 10.2 Å². The zero-order valence-electron chi connectivity index (χ0n) is 11.9. The van der Waals surface area contributed by atoms with Crippen molar-refractivity contribution in [2.24, 2.45) is 0 Å². The van der Waals surface area contributed by atoms with E-state index in [1.807, 2.05) is 16.7 Å². The molecule has 114 valence electrons. The van der Waals surface area contributed by atoms with Gasteiger partial charge in [0.25, 0.3) is 0 Å². The first-order valence-corrected chi connectivity index (χ1v) is 7.91. The highest BCUT2D eigenvalue weighted by atomic mass is 32.2. The summed E-state index contributed by atoms with van der Waals surface area (Å²) in [5, 5.41) is 11.7. The molecule has 6 nitrogen and oxygen atoms in total. The van der Waals surface area contributed by atoms with Crippen molar-refractivity contribution in [3.63, 3.8) is 0 Å². The average molecular weight is 302 g/mol. The van der Waals surface area contributed by atoms with Crippen molar-refractivity contribution in [3.8, 4) is 0 Å². The first-order chi connectivity index (χ1) is 9.37. The summed E-state index contributed by atoms with van der Waals surface area (Å²) in [6.07, 6.45) is 0.288. The second-order valence-corrected chi connectivity index (χ2v) is 7.68. The Hall–Kier alpha value is -0.950. The molecule has 2 aliphatic rings. The molecule has 0 saturated carbocycles. The molecule has 0 aliphatic carbocycles. The van der Waals surface area contributed by atoms with Crippen LogP contribution in [-0.4, -0.2) is 64.3 Å². The summed E-state index contributed by atoms with van der Waals surface area (Å²) in [4.78, 5) is 24.7. The Morgan fingerprint density at radius 1 is 1.45 bits per heavy atom. The second kappa shape index (κ2) is 6.22. The molecule has 0 aromatic carbocycles. The van der Waals surface area contributed by atoms with Crippen LogP contribution in [0.25, 0.3) is 0 Å². The Kier molecular flexibility index (Phi) is 4.80. The van der Waals surface area contributed by atoms with Gasteiger partial charge in [0.2, 0.25) is 0 Å². The Bertz CT molecular complexity index is 389. The number of carbonyl (C=O) groups is 2. The minimum Gasteiger partial charge on any atom is -0.479 e. The third-order valence-corrected chi connectivity index (χ3v) is 4.87. The molecule has 2 atom stereocenters. The number of carboxylic acids is 1. The average Bonchev–Trinajstić information content (AvgIpc) is 2.83. The molecule has 0 radical (unpaired) electrons. The van der Waals surface area contributed by atoms with Crippen molar-refractivity contribution < 1.29 is 19.4 Å². The van der Waals surface area contributed by atoms with Crippen LogP contribution in [0.3, 0.4) is 0 Å². The van der Waals surface area contributed by atoms with E-state index in [1.54, 1.807) is 0 Å². The van der Waals surface area contributed by atoms with Crippen LogP contribution in [0.4, 0.5) is 4.79 Å². The quantitative estimate of drug-likeness (QED) is 0.818. The van der Waals surface area contributed by atoms with Gasteiger partial charge in [-0.15, -0.1) is 0 Å². The number of ether oxygens (including phenoxy) is 1. The number of aliphatic carboxylic acids is 1. The molecule has 2 rings (SSSR count). The molecule has 7 heteroatoms. The molecule has 0 spiro atoms. The van der Waals surface area contributed by atoms with Gasteiger partial charge in [-0.25, -0.2) is 9.59 Å². The molecule has 2 saturated heterocycles. The first-order valence-electron chi connectivity index (χ1n) is 6.92. The fourth-order valence-corrected chi connectivity index (χ4v) is 3.65. The van der Waals surface area contributed by atoms with Crippen molar-refractivity contribution in [2.45, 2.75) is 43.6 Å². The fraction of sp³-hybridized carbons (Fsp3) is 0.846. The lowest BCUT2D eigenvalue weighted by Crippen LogP contribution is -2.51. The highest BCUT2D eigenvalue weighted by Gasteiger charge is 2.32. The molecule has 2 amide bonds. The van der Waals surface area contributed by atoms with E-state index in [0.29, 0.717) is 19.4 Å². The second-order valence-electron chi connectivity index (χ2n) is 5.88. The number of nitrogens with one attached hydrogen (secondary N) is 1. The van der Waals surface area contributed by atoms with Gasteiger partial charge in [-0.2, -0.15) is 11.8 Å². The number of rotatable bonds is 3. The number of hydrogen-bond acceptors (Lipinski definition) is 4. The summed E-state index contributed by atoms with van der Waals surface area (Å²) in [6, 6.07) is -0.0826. The van der Waals surface area contributed by atoms with Gasteiger partial charge in [-0.1, -0.05) is 0 Å². The molecular formula is C13H22N2O4S. The summed E-state index contributed by atoms with van der Waals surface area (Å²) < 4.78 is 5.46. The maximum atomic E-state index is 12.1. The number of carbonyl (C=O) groups excluding carboxylic acids is 1. The van der Waals surface area contributed by atoms with E-state index in [4.69, 9.17) is 9.84 Å². The van der Waals surface area contributed by atoms with Gasteiger partial charge in [0.1, 0.15) is 0 Å². The third kappa shape index (κ3) is 4.02. The summed E-state index contributed by atoms with van der Waals surface area (Å²) in [6.45, 7) is 6.13. The molecule has 2 N–H and O–H groups in total. The van der Waals surface area contributed by atoms with E-state index in [9.17, 15) is 9.59 Å². The minimum absolute atomic E-state index is 0.0826. The van der Waals surface area contributed by atoms with Crippen LogP contribution in [0.5, 0.6) is 0 Å². The molecule has 0 aromatic heterocycles. The summed E-state index contributed by atoms with van der Waals surface area (Å²) >= 11 is 1.88. The molecular weight excluding hydrogens is 280 g/mol. The Morgan fingerprint density at radius 2 is 2.20 bits per heavy atom. The molecule has 20 heavy (non-hydrogen) atoms. The standard InChI is InChI=1S/C13H22N2O4S/c1-13(2)8-15(5-6-20-13)12(18)14-7-9-3-4-10(19-9)11(16)17/h9-10H,3-8H2,1-2H3,(H,14,18)(H,16,17). The van der Waals surface area contributed by atoms with E-state index < -0.39 is 12.1 Å². The SMILES string of the molecule is CC1(C)CN(C(=O)NCC2CCC(C(=O)O)O2)CCS1. The van der Waals surface area contributed by atoms with E-state index in [2.05, 4.69) is 19.2 Å². The van der Waals surface area contributed by atoms with Gasteiger partial charge in [0.15, 0.2) is 6.10 Å². The number of carboxylic acid groups (broad SMARTS) is 1. The van der Waals surface area contributed by atoms with Gasteiger partial charge >= 0.3 is 12.0 Å². The van der Waals surface area contributed by atoms with Crippen LogP contribution in [0, 0.1) is 0 Å². The van der Waals surface area contributed by atoms with Gasteiger partial charge in [0, 0.05) is 30.1 Å². The molecule has 0 aromatic rings. The predicted molar refractivity (Wildman–Crippen MR) is 77.0 cm³/mol. The van der Waals surface area contributed by atoms with Crippen molar-refractivity contribution in [3.05, 3.63) is 0 Å². The molecule has 2 unspecified atom stereocenters.